The number of rotatable bonds is 7. The number of alkyl halides is 3. The number of esters is 1. The fourth-order valence-corrected chi connectivity index (χ4v) is 4.55. The van der Waals surface area contributed by atoms with Crippen LogP contribution in [0.25, 0.3) is 6.08 Å². The van der Waals surface area contributed by atoms with Crippen LogP contribution < -0.4 is 10.1 Å². The maximum absolute atomic E-state index is 12.8. The van der Waals surface area contributed by atoms with Gasteiger partial charge < -0.3 is 14.8 Å². The van der Waals surface area contributed by atoms with E-state index in [-0.39, 0.29) is 24.5 Å². The number of carbonyl (C=O) groups is 2. The van der Waals surface area contributed by atoms with Gasteiger partial charge in [-0.25, -0.2) is 4.79 Å². The largest absolute Gasteiger partial charge is 0.480 e. The van der Waals surface area contributed by atoms with Gasteiger partial charge in [0.05, 0.1) is 19.3 Å². The van der Waals surface area contributed by atoms with Gasteiger partial charge in [-0.2, -0.15) is 18.4 Å². The molecule has 11 heteroatoms. The molecule has 0 aliphatic carbocycles. The molecule has 6 nitrogen and oxygen atoms in total. The standard InChI is InChI=1S/C21H15F3I2N2O4/c1-2-31-18(29)11-32-19-16(25)7-12(8-17(19)26)6-13(10-27)20(30)28-15-5-3-4-14(9-15)21(22,23)24/h3-9H,2,11H2,1H3,(H,28,30)/b13-6-. The minimum Gasteiger partial charge on any atom is -0.480 e. The minimum atomic E-state index is -4.56. The van der Waals surface area contributed by atoms with Crippen LogP contribution in [0.5, 0.6) is 5.75 Å². The van der Waals surface area contributed by atoms with Crippen LogP contribution in [-0.2, 0) is 20.5 Å². The van der Waals surface area contributed by atoms with Crippen LogP contribution in [-0.4, -0.2) is 25.1 Å². The number of nitriles is 1. The Morgan fingerprint density at radius 3 is 2.41 bits per heavy atom. The second-order valence-electron chi connectivity index (χ2n) is 6.11. The molecule has 0 aliphatic rings. The molecule has 0 aliphatic heterocycles. The molecule has 0 heterocycles. The molecule has 168 valence electrons. The van der Waals surface area contributed by atoms with Crippen molar-refractivity contribution in [1.29, 1.82) is 5.26 Å². The van der Waals surface area contributed by atoms with Gasteiger partial charge in [0.25, 0.3) is 5.91 Å². The topological polar surface area (TPSA) is 88.4 Å². The summed E-state index contributed by atoms with van der Waals surface area (Å²) in [5.41, 5.74) is -0.801. The van der Waals surface area contributed by atoms with Crippen LogP contribution in [0.4, 0.5) is 18.9 Å². The highest BCUT2D eigenvalue weighted by atomic mass is 127. The molecule has 2 aromatic rings. The van der Waals surface area contributed by atoms with E-state index in [0.717, 1.165) is 18.2 Å². The third-order valence-electron chi connectivity index (χ3n) is 3.78. The second kappa shape index (κ2) is 11.5. The Bertz CT molecular complexity index is 1070. The van der Waals surface area contributed by atoms with Crippen molar-refractivity contribution in [2.75, 3.05) is 18.5 Å². The van der Waals surface area contributed by atoms with Crippen molar-refractivity contribution >= 4 is 68.8 Å². The van der Waals surface area contributed by atoms with E-state index in [9.17, 15) is 28.0 Å². The molecule has 0 bridgehead atoms. The third kappa shape index (κ3) is 7.37. The average molecular weight is 670 g/mol. The van der Waals surface area contributed by atoms with Gasteiger partial charge in [0.1, 0.15) is 17.4 Å². The first-order chi connectivity index (χ1) is 15.0. The van der Waals surface area contributed by atoms with Gasteiger partial charge in [-0.3, -0.25) is 4.79 Å². The number of amides is 1. The molecular weight excluding hydrogens is 655 g/mol. The van der Waals surface area contributed by atoms with E-state index in [1.165, 1.54) is 12.1 Å². The normalized spacial score (nSPS) is 11.5. The van der Waals surface area contributed by atoms with Gasteiger partial charge in [-0.05, 0) is 94.1 Å². The number of anilines is 1. The fraction of sp³-hybridized carbons (Fsp3) is 0.190. The predicted octanol–water partition coefficient (Wildman–Crippen LogP) is 5.40. The first-order valence-electron chi connectivity index (χ1n) is 8.93. The summed E-state index contributed by atoms with van der Waals surface area (Å²) < 4.78 is 50.1. The molecule has 0 fully saturated rings. The predicted molar refractivity (Wildman–Crippen MR) is 128 cm³/mol. The zero-order chi connectivity index (χ0) is 23.9. The van der Waals surface area contributed by atoms with E-state index >= 15 is 0 Å². The molecule has 1 amide bonds. The Morgan fingerprint density at radius 2 is 1.84 bits per heavy atom. The minimum absolute atomic E-state index is 0.0853. The Kier molecular flexibility index (Phi) is 9.32. The molecule has 1 N–H and O–H groups in total. The SMILES string of the molecule is CCOC(=O)COc1c(I)cc(/C=C(/C#N)C(=O)Nc2cccc(C(F)(F)F)c2)cc1I. The fourth-order valence-electron chi connectivity index (χ4n) is 2.42. The number of benzene rings is 2. The average Bonchev–Trinajstić information content (AvgIpc) is 2.71. The summed E-state index contributed by atoms with van der Waals surface area (Å²) in [6.45, 7) is 1.65. The number of hydrogen-bond acceptors (Lipinski definition) is 5. The van der Waals surface area contributed by atoms with Gasteiger partial charge in [0.2, 0.25) is 0 Å². The smallest absolute Gasteiger partial charge is 0.416 e. The van der Waals surface area contributed by atoms with Crippen molar-refractivity contribution in [2.45, 2.75) is 13.1 Å². The number of hydrogen-bond donors (Lipinski definition) is 1. The lowest BCUT2D eigenvalue weighted by Gasteiger charge is -2.11. The Morgan fingerprint density at radius 1 is 1.19 bits per heavy atom. The molecule has 0 radical (unpaired) electrons. The summed E-state index contributed by atoms with van der Waals surface area (Å²) in [5.74, 6) is -0.913. The van der Waals surface area contributed by atoms with Crippen LogP contribution in [0.15, 0.2) is 42.0 Å². The molecule has 0 aromatic heterocycles. The molecule has 0 atom stereocenters. The molecule has 0 saturated carbocycles. The summed E-state index contributed by atoms with van der Waals surface area (Å²) in [6, 6.07) is 9.15. The molecule has 0 unspecified atom stereocenters. The zero-order valence-corrected chi connectivity index (χ0v) is 20.7. The van der Waals surface area contributed by atoms with E-state index in [2.05, 4.69) is 5.32 Å². The summed E-state index contributed by atoms with van der Waals surface area (Å²) in [4.78, 5) is 23.9. The Labute approximate surface area is 209 Å². The molecule has 2 rings (SSSR count). The van der Waals surface area contributed by atoms with Crippen LogP contribution in [0.3, 0.4) is 0 Å². The van der Waals surface area contributed by atoms with Crippen LogP contribution in [0.2, 0.25) is 0 Å². The van der Waals surface area contributed by atoms with E-state index in [0.29, 0.717) is 18.5 Å². The van der Waals surface area contributed by atoms with Gasteiger partial charge in [0.15, 0.2) is 6.61 Å². The van der Waals surface area contributed by atoms with Gasteiger partial charge in [-0.15, -0.1) is 0 Å². The van der Waals surface area contributed by atoms with Crippen molar-refractivity contribution in [1.82, 2.24) is 0 Å². The highest BCUT2D eigenvalue weighted by Gasteiger charge is 2.30. The van der Waals surface area contributed by atoms with Crippen LogP contribution in [0.1, 0.15) is 18.1 Å². The number of ether oxygens (including phenoxy) is 2. The quantitative estimate of drug-likeness (QED) is 0.185. The van der Waals surface area contributed by atoms with E-state index in [4.69, 9.17) is 9.47 Å². The molecule has 0 spiro atoms. The van der Waals surface area contributed by atoms with Crippen molar-refractivity contribution in [3.8, 4) is 11.8 Å². The maximum Gasteiger partial charge on any atom is 0.416 e. The third-order valence-corrected chi connectivity index (χ3v) is 5.39. The van der Waals surface area contributed by atoms with E-state index < -0.39 is 23.6 Å². The highest BCUT2D eigenvalue weighted by molar-refractivity contribution is 14.1. The highest BCUT2D eigenvalue weighted by Crippen LogP contribution is 2.31. The Balaban J connectivity index is 2.21. The second-order valence-corrected chi connectivity index (χ2v) is 8.43. The number of nitrogens with zero attached hydrogens (tertiary/aromatic N) is 1. The lowest BCUT2D eigenvalue weighted by Crippen LogP contribution is -2.15. The number of nitrogens with one attached hydrogen (secondary N) is 1. The monoisotopic (exact) mass is 670 g/mol. The summed E-state index contributed by atoms with van der Waals surface area (Å²) in [5, 5.41) is 11.7. The number of halogens is 5. The van der Waals surface area contributed by atoms with Crippen molar-refractivity contribution in [3.63, 3.8) is 0 Å². The molecule has 2 aromatic carbocycles. The molecular formula is C21H15F3I2N2O4. The zero-order valence-electron chi connectivity index (χ0n) is 16.4. The van der Waals surface area contributed by atoms with Crippen LogP contribution >= 0.6 is 45.2 Å². The lowest BCUT2D eigenvalue weighted by molar-refractivity contribution is -0.145. The summed E-state index contributed by atoms with van der Waals surface area (Å²) in [7, 11) is 0. The van der Waals surface area contributed by atoms with Crippen LogP contribution in [0, 0.1) is 18.5 Å². The molecule has 32 heavy (non-hydrogen) atoms. The molecule has 0 saturated heterocycles. The number of carbonyl (C=O) groups excluding carboxylic acids is 2. The summed E-state index contributed by atoms with van der Waals surface area (Å²) in [6.07, 6.45) is -3.25. The summed E-state index contributed by atoms with van der Waals surface area (Å²) >= 11 is 3.97. The van der Waals surface area contributed by atoms with Crippen molar-refractivity contribution in [3.05, 3.63) is 60.2 Å². The van der Waals surface area contributed by atoms with Gasteiger partial charge in [-0.1, -0.05) is 6.07 Å². The Hall–Kier alpha value is -2.34. The first kappa shape index (κ1) is 25.9. The van der Waals surface area contributed by atoms with Gasteiger partial charge in [0, 0.05) is 5.69 Å². The van der Waals surface area contributed by atoms with Crippen molar-refractivity contribution < 1.29 is 32.2 Å². The van der Waals surface area contributed by atoms with E-state index in [1.807, 2.05) is 45.2 Å². The van der Waals surface area contributed by atoms with Gasteiger partial charge >= 0.3 is 12.1 Å². The lowest BCUT2D eigenvalue weighted by atomic mass is 10.1. The first-order valence-corrected chi connectivity index (χ1v) is 11.1. The maximum atomic E-state index is 12.8. The van der Waals surface area contributed by atoms with E-state index in [1.54, 1.807) is 25.1 Å². The van der Waals surface area contributed by atoms with Crippen molar-refractivity contribution in [2.24, 2.45) is 0 Å².